The van der Waals surface area contributed by atoms with Gasteiger partial charge in [-0.25, -0.2) is 4.98 Å². The van der Waals surface area contributed by atoms with Gasteiger partial charge in [0, 0.05) is 36.2 Å². The Balaban J connectivity index is 1.80. The first-order valence-electron chi connectivity index (χ1n) is 6.69. The standard InChI is InChI=1S/C14H15N3O2S/c18-17(19)12-6-4-11(5-7-12)13-10-20-14(15-13)16-8-2-1-3-9-16/h4-7,10H,1-3,8-9H2. The maximum atomic E-state index is 10.6. The van der Waals surface area contributed by atoms with Crippen LogP contribution in [0.15, 0.2) is 29.6 Å². The van der Waals surface area contributed by atoms with Crippen molar-refractivity contribution >= 4 is 22.2 Å². The van der Waals surface area contributed by atoms with Crippen LogP contribution in [0.5, 0.6) is 0 Å². The number of benzene rings is 1. The zero-order valence-electron chi connectivity index (χ0n) is 11.0. The molecule has 0 amide bonds. The molecule has 6 heteroatoms. The summed E-state index contributed by atoms with van der Waals surface area (Å²) in [5.41, 5.74) is 1.93. The van der Waals surface area contributed by atoms with Crippen LogP contribution in [0.2, 0.25) is 0 Å². The van der Waals surface area contributed by atoms with Crippen molar-refractivity contribution in [3.63, 3.8) is 0 Å². The van der Waals surface area contributed by atoms with E-state index in [1.165, 1.54) is 31.4 Å². The quantitative estimate of drug-likeness (QED) is 0.638. The molecule has 1 aliphatic heterocycles. The lowest BCUT2D eigenvalue weighted by Gasteiger charge is -2.25. The van der Waals surface area contributed by atoms with Crippen LogP contribution in [0.4, 0.5) is 10.8 Å². The van der Waals surface area contributed by atoms with Crippen molar-refractivity contribution in [1.82, 2.24) is 4.98 Å². The smallest absolute Gasteiger partial charge is 0.269 e. The van der Waals surface area contributed by atoms with E-state index in [0.717, 1.165) is 29.5 Å². The fourth-order valence-corrected chi connectivity index (χ4v) is 3.27. The minimum Gasteiger partial charge on any atom is -0.348 e. The highest BCUT2D eigenvalue weighted by Crippen LogP contribution is 2.29. The lowest BCUT2D eigenvalue weighted by atomic mass is 10.1. The summed E-state index contributed by atoms with van der Waals surface area (Å²) in [6.07, 6.45) is 3.76. The van der Waals surface area contributed by atoms with Crippen molar-refractivity contribution in [1.29, 1.82) is 0 Å². The number of thiazole rings is 1. The molecule has 2 aromatic rings. The second-order valence-corrected chi connectivity index (χ2v) is 5.70. The van der Waals surface area contributed by atoms with Crippen molar-refractivity contribution in [2.45, 2.75) is 19.3 Å². The molecule has 0 N–H and O–H groups in total. The summed E-state index contributed by atoms with van der Waals surface area (Å²) >= 11 is 1.64. The molecule has 1 aromatic heterocycles. The van der Waals surface area contributed by atoms with E-state index in [1.807, 2.05) is 5.38 Å². The molecule has 104 valence electrons. The minimum atomic E-state index is -0.385. The molecule has 0 saturated carbocycles. The molecule has 0 radical (unpaired) electrons. The molecular weight excluding hydrogens is 274 g/mol. The third-order valence-electron chi connectivity index (χ3n) is 3.49. The second kappa shape index (κ2) is 5.58. The number of nitro groups is 1. The number of aromatic nitrogens is 1. The van der Waals surface area contributed by atoms with Crippen molar-refractivity contribution in [2.75, 3.05) is 18.0 Å². The molecule has 2 heterocycles. The van der Waals surface area contributed by atoms with Gasteiger partial charge in [0.2, 0.25) is 0 Å². The predicted molar refractivity (Wildman–Crippen MR) is 80.3 cm³/mol. The Bertz CT molecular complexity index is 603. The molecule has 1 saturated heterocycles. The lowest BCUT2D eigenvalue weighted by Crippen LogP contribution is -2.29. The van der Waals surface area contributed by atoms with Crippen LogP contribution in [0.3, 0.4) is 0 Å². The Morgan fingerprint density at radius 2 is 1.85 bits per heavy atom. The average molecular weight is 289 g/mol. The van der Waals surface area contributed by atoms with Gasteiger partial charge in [-0.15, -0.1) is 11.3 Å². The Morgan fingerprint density at radius 1 is 1.15 bits per heavy atom. The van der Waals surface area contributed by atoms with E-state index in [4.69, 9.17) is 0 Å². The van der Waals surface area contributed by atoms with Gasteiger partial charge in [-0.2, -0.15) is 0 Å². The first kappa shape index (κ1) is 13.1. The van der Waals surface area contributed by atoms with Crippen LogP contribution in [0.1, 0.15) is 19.3 Å². The molecule has 20 heavy (non-hydrogen) atoms. The Labute approximate surface area is 121 Å². The zero-order chi connectivity index (χ0) is 13.9. The minimum absolute atomic E-state index is 0.111. The average Bonchev–Trinajstić information content (AvgIpc) is 2.98. The number of anilines is 1. The number of nitro benzene ring substituents is 1. The van der Waals surface area contributed by atoms with E-state index in [0.29, 0.717) is 0 Å². The van der Waals surface area contributed by atoms with Crippen molar-refractivity contribution in [3.05, 3.63) is 39.8 Å². The second-order valence-electron chi connectivity index (χ2n) is 4.87. The number of non-ortho nitro benzene ring substituents is 1. The molecule has 0 aliphatic carbocycles. The van der Waals surface area contributed by atoms with Gasteiger partial charge in [-0.1, -0.05) is 0 Å². The summed E-state index contributed by atoms with van der Waals surface area (Å²) < 4.78 is 0. The van der Waals surface area contributed by atoms with Crippen LogP contribution in [0.25, 0.3) is 11.3 Å². The number of hydrogen-bond acceptors (Lipinski definition) is 5. The number of hydrogen-bond donors (Lipinski definition) is 0. The van der Waals surface area contributed by atoms with Crippen molar-refractivity contribution in [2.24, 2.45) is 0 Å². The highest BCUT2D eigenvalue weighted by Gasteiger charge is 2.15. The van der Waals surface area contributed by atoms with Gasteiger partial charge in [-0.05, 0) is 31.4 Å². The molecule has 1 fully saturated rings. The number of nitrogens with zero attached hydrogens (tertiary/aromatic N) is 3. The zero-order valence-corrected chi connectivity index (χ0v) is 11.8. The van der Waals surface area contributed by atoms with Gasteiger partial charge in [0.25, 0.3) is 5.69 Å². The van der Waals surface area contributed by atoms with Crippen molar-refractivity contribution in [3.8, 4) is 11.3 Å². The monoisotopic (exact) mass is 289 g/mol. The van der Waals surface area contributed by atoms with Crippen LogP contribution >= 0.6 is 11.3 Å². The van der Waals surface area contributed by atoms with Gasteiger partial charge in [0.15, 0.2) is 5.13 Å². The summed E-state index contributed by atoms with van der Waals surface area (Å²) in [6.45, 7) is 2.15. The molecule has 1 aliphatic rings. The Hall–Kier alpha value is -1.95. The first-order valence-corrected chi connectivity index (χ1v) is 7.57. The van der Waals surface area contributed by atoms with E-state index in [1.54, 1.807) is 23.5 Å². The summed E-state index contributed by atoms with van der Waals surface area (Å²) in [7, 11) is 0. The molecule has 0 bridgehead atoms. The van der Waals surface area contributed by atoms with Crippen LogP contribution in [0, 0.1) is 10.1 Å². The molecule has 3 rings (SSSR count). The predicted octanol–water partition coefficient (Wildman–Crippen LogP) is 3.71. The third kappa shape index (κ3) is 2.65. The molecule has 1 aromatic carbocycles. The summed E-state index contributed by atoms with van der Waals surface area (Å²) in [6, 6.07) is 6.56. The fraction of sp³-hybridized carbons (Fsp3) is 0.357. The Morgan fingerprint density at radius 3 is 2.50 bits per heavy atom. The summed E-state index contributed by atoms with van der Waals surface area (Å²) in [5, 5.41) is 13.7. The van der Waals surface area contributed by atoms with Gasteiger partial charge in [0.05, 0.1) is 10.6 Å². The van der Waals surface area contributed by atoms with Crippen LogP contribution in [-0.4, -0.2) is 23.0 Å². The lowest BCUT2D eigenvalue weighted by molar-refractivity contribution is -0.384. The first-order chi connectivity index (χ1) is 9.74. The molecule has 0 spiro atoms. The SMILES string of the molecule is O=[N+]([O-])c1ccc(-c2csc(N3CCCCC3)n2)cc1. The third-order valence-corrected chi connectivity index (χ3v) is 4.39. The van der Waals surface area contributed by atoms with Gasteiger partial charge in [0.1, 0.15) is 0 Å². The molecular formula is C14H15N3O2S. The van der Waals surface area contributed by atoms with E-state index in [2.05, 4.69) is 9.88 Å². The summed E-state index contributed by atoms with van der Waals surface area (Å²) in [4.78, 5) is 17.2. The van der Waals surface area contributed by atoms with Crippen LogP contribution in [-0.2, 0) is 0 Å². The highest BCUT2D eigenvalue weighted by molar-refractivity contribution is 7.14. The van der Waals surface area contributed by atoms with Crippen molar-refractivity contribution < 1.29 is 4.92 Å². The largest absolute Gasteiger partial charge is 0.348 e. The topological polar surface area (TPSA) is 59.3 Å². The van der Waals surface area contributed by atoms with E-state index in [9.17, 15) is 10.1 Å². The molecule has 0 unspecified atom stereocenters. The molecule has 0 atom stereocenters. The van der Waals surface area contributed by atoms with Gasteiger partial charge < -0.3 is 4.90 Å². The molecule has 5 nitrogen and oxygen atoms in total. The van der Waals surface area contributed by atoms with Gasteiger partial charge >= 0.3 is 0 Å². The Kier molecular flexibility index (Phi) is 3.64. The van der Waals surface area contributed by atoms with Gasteiger partial charge in [-0.3, -0.25) is 10.1 Å². The maximum absolute atomic E-state index is 10.6. The highest BCUT2D eigenvalue weighted by atomic mass is 32.1. The normalized spacial score (nSPS) is 15.3. The fourth-order valence-electron chi connectivity index (χ4n) is 2.38. The van der Waals surface area contributed by atoms with Crippen LogP contribution < -0.4 is 4.90 Å². The van der Waals surface area contributed by atoms with E-state index >= 15 is 0 Å². The van der Waals surface area contributed by atoms with E-state index < -0.39 is 0 Å². The number of piperidine rings is 1. The van der Waals surface area contributed by atoms with E-state index in [-0.39, 0.29) is 10.6 Å². The summed E-state index contributed by atoms with van der Waals surface area (Å²) in [5.74, 6) is 0. The maximum Gasteiger partial charge on any atom is 0.269 e. The number of rotatable bonds is 3.